The van der Waals surface area contributed by atoms with Crippen LogP contribution in [0.15, 0.2) is 24.3 Å². The van der Waals surface area contributed by atoms with Crippen molar-refractivity contribution in [3.63, 3.8) is 0 Å². The number of aromatic nitrogens is 2. The average Bonchev–Trinajstić information content (AvgIpc) is 2.89. The number of nitrogens with one attached hydrogen (secondary N) is 1. The predicted octanol–water partition coefficient (Wildman–Crippen LogP) is 3.43. The van der Waals surface area contributed by atoms with Gasteiger partial charge < -0.3 is 5.32 Å². The van der Waals surface area contributed by atoms with Crippen molar-refractivity contribution >= 4 is 17.4 Å². The first-order valence-electron chi connectivity index (χ1n) is 6.82. The van der Waals surface area contributed by atoms with E-state index in [1.54, 1.807) is 0 Å². The van der Waals surface area contributed by atoms with Crippen molar-refractivity contribution in [2.24, 2.45) is 0 Å². The Balaban J connectivity index is 2.20. The number of aryl methyl sites for hydroxylation is 1. The molecule has 4 nitrogen and oxygen atoms in total. The summed E-state index contributed by atoms with van der Waals surface area (Å²) in [6.07, 6.45) is 2.02. The highest BCUT2D eigenvalue weighted by molar-refractivity contribution is 7.08. The van der Waals surface area contributed by atoms with E-state index in [1.807, 2.05) is 38.1 Å². The lowest BCUT2D eigenvalue weighted by Gasteiger charge is -2.12. The van der Waals surface area contributed by atoms with Crippen LogP contribution in [0.2, 0.25) is 0 Å². The van der Waals surface area contributed by atoms with Gasteiger partial charge in [0.25, 0.3) is 5.91 Å². The molecule has 1 amide bonds. The maximum atomic E-state index is 12.3. The van der Waals surface area contributed by atoms with Gasteiger partial charge >= 0.3 is 0 Å². The molecule has 0 spiro atoms. The maximum absolute atomic E-state index is 12.3. The molecule has 20 heavy (non-hydrogen) atoms. The van der Waals surface area contributed by atoms with Crippen LogP contribution in [0, 0.1) is 6.92 Å². The van der Waals surface area contributed by atoms with Crippen LogP contribution in [0.3, 0.4) is 0 Å². The van der Waals surface area contributed by atoms with E-state index in [-0.39, 0.29) is 11.9 Å². The third kappa shape index (κ3) is 3.42. The van der Waals surface area contributed by atoms with E-state index in [0.29, 0.717) is 10.6 Å². The molecule has 0 radical (unpaired) electrons. The Bertz CT molecular complexity index is 577. The van der Waals surface area contributed by atoms with Gasteiger partial charge in [0.2, 0.25) is 0 Å². The molecular weight excluding hydrogens is 270 g/mol. The van der Waals surface area contributed by atoms with Crippen LogP contribution in [-0.2, 0) is 0 Å². The number of carbonyl (C=O) groups excluding carboxylic acids is 1. The van der Waals surface area contributed by atoms with Crippen molar-refractivity contribution in [2.45, 2.75) is 39.7 Å². The summed E-state index contributed by atoms with van der Waals surface area (Å²) in [5.74, 6) is -0.0866. The van der Waals surface area contributed by atoms with Crippen LogP contribution < -0.4 is 5.32 Å². The molecule has 1 aromatic carbocycles. The summed E-state index contributed by atoms with van der Waals surface area (Å²) in [6.45, 7) is 6.15. The van der Waals surface area contributed by atoms with Gasteiger partial charge in [-0.2, -0.15) is 0 Å². The summed E-state index contributed by atoms with van der Waals surface area (Å²) in [5, 5.41) is 7.09. The average molecular weight is 289 g/mol. The van der Waals surface area contributed by atoms with E-state index >= 15 is 0 Å². The van der Waals surface area contributed by atoms with E-state index < -0.39 is 0 Å². The lowest BCUT2D eigenvalue weighted by atomic mass is 10.1. The van der Waals surface area contributed by atoms with Crippen LogP contribution in [0.4, 0.5) is 0 Å². The minimum absolute atomic E-state index is 0.0866. The molecule has 0 aliphatic heterocycles. The number of hydrogen-bond donors (Lipinski definition) is 1. The highest BCUT2D eigenvalue weighted by atomic mass is 32.1. The summed E-state index contributed by atoms with van der Waals surface area (Å²) >= 11 is 1.14. The van der Waals surface area contributed by atoms with Crippen LogP contribution in [0.1, 0.15) is 41.9 Å². The molecule has 2 aromatic rings. The van der Waals surface area contributed by atoms with Gasteiger partial charge in [-0.1, -0.05) is 47.7 Å². The highest BCUT2D eigenvalue weighted by Gasteiger charge is 2.18. The minimum atomic E-state index is -0.0866. The molecular formula is C15H19N3OS. The molecule has 0 saturated carbocycles. The second-order valence-corrected chi connectivity index (χ2v) is 5.73. The first-order valence-corrected chi connectivity index (χ1v) is 7.59. The SMILES string of the molecule is CCC[C@@H](C)NC(=O)c1snnc1-c1ccc(C)cc1. The molecule has 1 N–H and O–H groups in total. The van der Waals surface area contributed by atoms with Crippen molar-refractivity contribution in [1.82, 2.24) is 14.9 Å². The summed E-state index contributed by atoms with van der Waals surface area (Å²) in [7, 11) is 0. The smallest absolute Gasteiger partial charge is 0.265 e. The molecule has 0 unspecified atom stereocenters. The van der Waals surface area contributed by atoms with E-state index in [9.17, 15) is 4.79 Å². The fraction of sp³-hybridized carbons (Fsp3) is 0.400. The molecule has 0 saturated heterocycles. The van der Waals surface area contributed by atoms with Crippen LogP contribution in [0.25, 0.3) is 11.3 Å². The number of hydrogen-bond acceptors (Lipinski definition) is 4. The van der Waals surface area contributed by atoms with Crippen molar-refractivity contribution in [3.8, 4) is 11.3 Å². The van der Waals surface area contributed by atoms with Gasteiger partial charge in [0, 0.05) is 11.6 Å². The lowest BCUT2D eigenvalue weighted by molar-refractivity contribution is 0.0943. The van der Waals surface area contributed by atoms with Gasteiger partial charge in [-0.15, -0.1) is 5.10 Å². The third-order valence-electron chi connectivity index (χ3n) is 3.12. The number of amides is 1. The van der Waals surface area contributed by atoms with Crippen molar-refractivity contribution in [2.75, 3.05) is 0 Å². The zero-order valence-corrected chi connectivity index (χ0v) is 12.8. The second-order valence-electron chi connectivity index (χ2n) is 4.98. The zero-order chi connectivity index (χ0) is 14.5. The Labute approximate surface area is 123 Å². The van der Waals surface area contributed by atoms with Crippen molar-refractivity contribution in [1.29, 1.82) is 0 Å². The van der Waals surface area contributed by atoms with Gasteiger partial charge in [0.05, 0.1) is 0 Å². The van der Waals surface area contributed by atoms with Crippen LogP contribution in [-0.4, -0.2) is 21.5 Å². The normalized spacial score (nSPS) is 12.2. The molecule has 2 rings (SSSR count). The predicted molar refractivity (Wildman–Crippen MR) is 81.9 cm³/mol. The number of rotatable bonds is 5. The van der Waals surface area contributed by atoms with E-state index in [1.165, 1.54) is 5.56 Å². The first-order chi connectivity index (χ1) is 9.61. The molecule has 1 atom stereocenters. The van der Waals surface area contributed by atoms with Gasteiger partial charge in [0.1, 0.15) is 10.6 Å². The van der Waals surface area contributed by atoms with Crippen molar-refractivity contribution < 1.29 is 4.79 Å². The largest absolute Gasteiger partial charge is 0.349 e. The van der Waals surface area contributed by atoms with Crippen LogP contribution >= 0.6 is 11.5 Å². The van der Waals surface area contributed by atoms with E-state index in [2.05, 4.69) is 21.8 Å². The van der Waals surface area contributed by atoms with Gasteiger partial charge in [-0.05, 0) is 31.8 Å². The fourth-order valence-electron chi connectivity index (χ4n) is 2.03. The Morgan fingerprint density at radius 2 is 2.05 bits per heavy atom. The molecule has 0 fully saturated rings. The maximum Gasteiger partial charge on any atom is 0.265 e. The lowest BCUT2D eigenvalue weighted by Crippen LogP contribution is -2.32. The number of benzene rings is 1. The van der Waals surface area contributed by atoms with Gasteiger partial charge in [-0.3, -0.25) is 4.79 Å². The van der Waals surface area contributed by atoms with E-state index in [4.69, 9.17) is 0 Å². The number of nitrogens with zero attached hydrogens (tertiary/aromatic N) is 2. The fourth-order valence-corrected chi connectivity index (χ4v) is 2.63. The minimum Gasteiger partial charge on any atom is -0.349 e. The molecule has 106 valence electrons. The van der Waals surface area contributed by atoms with Gasteiger partial charge in [-0.25, -0.2) is 0 Å². The Hall–Kier alpha value is -1.75. The zero-order valence-electron chi connectivity index (χ0n) is 12.0. The molecule has 0 aliphatic rings. The second kappa shape index (κ2) is 6.61. The molecule has 5 heteroatoms. The quantitative estimate of drug-likeness (QED) is 0.917. The monoisotopic (exact) mass is 289 g/mol. The summed E-state index contributed by atoms with van der Waals surface area (Å²) in [5.41, 5.74) is 2.77. The van der Waals surface area contributed by atoms with Gasteiger partial charge in [0.15, 0.2) is 0 Å². The summed E-state index contributed by atoms with van der Waals surface area (Å²) in [4.78, 5) is 12.9. The molecule has 1 heterocycles. The molecule has 0 aliphatic carbocycles. The van der Waals surface area contributed by atoms with Crippen molar-refractivity contribution in [3.05, 3.63) is 34.7 Å². The van der Waals surface area contributed by atoms with E-state index in [0.717, 1.165) is 29.9 Å². The topological polar surface area (TPSA) is 54.9 Å². The third-order valence-corrected chi connectivity index (χ3v) is 3.84. The Morgan fingerprint density at radius 1 is 1.35 bits per heavy atom. The number of carbonyl (C=O) groups is 1. The first kappa shape index (κ1) is 14.7. The Morgan fingerprint density at radius 3 is 2.70 bits per heavy atom. The highest BCUT2D eigenvalue weighted by Crippen LogP contribution is 2.24. The standard InChI is InChI=1S/C15H19N3OS/c1-4-5-11(3)16-15(19)14-13(17-18-20-14)12-8-6-10(2)7-9-12/h6-9,11H,4-5H2,1-3H3,(H,16,19)/t11-/m1/s1. The Kier molecular flexibility index (Phi) is 4.84. The summed E-state index contributed by atoms with van der Waals surface area (Å²) < 4.78 is 3.93. The summed E-state index contributed by atoms with van der Waals surface area (Å²) in [6, 6.07) is 8.13. The molecule has 0 bridgehead atoms. The van der Waals surface area contributed by atoms with Crippen LogP contribution in [0.5, 0.6) is 0 Å². The molecule has 1 aromatic heterocycles.